The number of nitrogens with zero attached hydrogens (tertiary/aromatic N) is 1. The van der Waals surface area contributed by atoms with E-state index >= 15 is 0 Å². The molecule has 6 atom stereocenters. The smallest absolute Gasteiger partial charge is 0.306 e. The van der Waals surface area contributed by atoms with Gasteiger partial charge in [-0.2, -0.15) is 0 Å². The second-order valence-electron chi connectivity index (χ2n) is 12.3. The monoisotopic (exact) mass is 635 g/mol. The topological polar surface area (TPSA) is 169 Å². The second-order valence-corrected chi connectivity index (χ2v) is 13.7. The molecule has 1 aliphatic rings. The summed E-state index contributed by atoms with van der Waals surface area (Å²) in [6, 6.07) is 0. The summed E-state index contributed by atoms with van der Waals surface area (Å²) in [6.45, 7) is 2.74. The van der Waals surface area contributed by atoms with E-state index in [9.17, 15) is 34.1 Å². The van der Waals surface area contributed by atoms with Gasteiger partial charge in [0.15, 0.2) is 6.10 Å². The molecule has 0 amide bonds. The lowest BCUT2D eigenvalue weighted by Crippen LogP contribution is -2.37. The quantitative estimate of drug-likeness (QED) is 0.0556. The first-order chi connectivity index (χ1) is 20.1. The molecule has 1 fully saturated rings. The van der Waals surface area contributed by atoms with E-state index in [1.54, 1.807) is 12.2 Å². The Hall–Kier alpha value is -1.66. The molecule has 0 aromatic rings. The van der Waals surface area contributed by atoms with E-state index in [1.807, 2.05) is 21.1 Å². The molecular weight excluding hydrogens is 581 g/mol. The van der Waals surface area contributed by atoms with Gasteiger partial charge in [-0.3, -0.25) is 18.9 Å². The predicted molar refractivity (Wildman–Crippen MR) is 159 cm³/mol. The van der Waals surface area contributed by atoms with Crippen molar-refractivity contribution in [1.82, 2.24) is 0 Å². The number of quaternary nitrogens is 1. The summed E-state index contributed by atoms with van der Waals surface area (Å²) in [7, 11) is 1.01. The fourth-order valence-electron chi connectivity index (χ4n) is 4.75. The molecule has 13 heteroatoms. The lowest BCUT2D eigenvalue weighted by molar-refractivity contribution is -0.870. The Morgan fingerprint density at radius 2 is 1.79 bits per heavy atom. The van der Waals surface area contributed by atoms with E-state index in [4.69, 9.17) is 18.5 Å². The number of carbonyl (C=O) groups excluding carboxylic acids is 3. The van der Waals surface area contributed by atoms with E-state index < -0.39 is 44.7 Å². The van der Waals surface area contributed by atoms with Crippen molar-refractivity contribution in [2.45, 2.75) is 103 Å². The first-order valence-corrected chi connectivity index (χ1v) is 16.9. The molecule has 0 radical (unpaired) electrons. The molecule has 0 aromatic heterocycles. The van der Waals surface area contributed by atoms with Crippen LogP contribution in [0.2, 0.25) is 0 Å². The van der Waals surface area contributed by atoms with Crippen LogP contribution in [-0.2, 0) is 37.5 Å². The van der Waals surface area contributed by atoms with Crippen LogP contribution in [0.5, 0.6) is 0 Å². The summed E-state index contributed by atoms with van der Waals surface area (Å²) in [6.07, 6.45) is 8.35. The number of ketones is 1. The first kappa shape index (κ1) is 39.4. The summed E-state index contributed by atoms with van der Waals surface area (Å²) < 4.78 is 32.5. The highest BCUT2D eigenvalue weighted by Gasteiger charge is 2.39. The van der Waals surface area contributed by atoms with E-state index in [1.165, 1.54) is 6.92 Å². The summed E-state index contributed by atoms with van der Waals surface area (Å²) in [5, 5.41) is 20.5. The zero-order chi connectivity index (χ0) is 32.5. The molecule has 2 N–H and O–H groups in total. The van der Waals surface area contributed by atoms with Crippen molar-refractivity contribution in [1.29, 1.82) is 0 Å². The molecule has 1 aliphatic carbocycles. The number of likely N-dealkylation sites (N-methyl/N-ethyl adjacent to an activating group) is 1. The minimum Gasteiger partial charge on any atom is -0.756 e. The van der Waals surface area contributed by atoms with Gasteiger partial charge in [0.1, 0.15) is 25.5 Å². The number of phosphoric ester groups is 1. The fraction of sp³-hybridized carbons (Fsp3) is 0.833. The van der Waals surface area contributed by atoms with Gasteiger partial charge >= 0.3 is 11.9 Å². The van der Waals surface area contributed by atoms with Gasteiger partial charge in [0.05, 0.1) is 40.0 Å². The maximum absolute atomic E-state index is 12.5. The van der Waals surface area contributed by atoms with Gasteiger partial charge < -0.3 is 38.1 Å². The summed E-state index contributed by atoms with van der Waals surface area (Å²) in [4.78, 5) is 48.1. The normalized spacial score (nSPS) is 22.0. The van der Waals surface area contributed by atoms with Crippen LogP contribution in [0.3, 0.4) is 0 Å². The van der Waals surface area contributed by atoms with Crippen LogP contribution in [0.15, 0.2) is 12.2 Å². The Morgan fingerprint density at radius 1 is 1.09 bits per heavy atom. The van der Waals surface area contributed by atoms with Gasteiger partial charge in [0.2, 0.25) is 0 Å². The van der Waals surface area contributed by atoms with E-state index in [0.29, 0.717) is 36.7 Å². The Bertz CT molecular complexity index is 920. The lowest BCUT2D eigenvalue weighted by atomic mass is 9.88. The van der Waals surface area contributed by atoms with Crippen molar-refractivity contribution in [3.8, 4) is 0 Å². The average molecular weight is 636 g/mol. The van der Waals surface area contributed by atoms with Crippen molar-refractivity contribution < 1.29 is 57.1 Å². The molecule has 0 aromatic carbocycles. The highest BCUT2D eigenvalue weighted by molar-refractivity contribution is 7.45. The molecule has 0 saturated heterocycles. The van der Waals surface area contributed by atoms with Gasteiger partial charge in [-0.05, 0) is 19.3 Å². The summed E-state index contributed by atoms with van der Waals surface area (Å²) in [5.74, 6) is -1.74. The molecule has 250 valence electrons. The molecule has 1 saturated carbocycles. The van der Waals surface area contributed by atoms with Gasteiger partial charge in [0, 0.05) is 31.6 Å². The maximum Gasteiger partial charge on any atom is 0.306 e. The molecular formula is C30H54NO11P. The predicted octanol–water partition coefficient (Wildman–Crippen LogP) is 3.07. The van der Waals surface area contributed by atoms with E-state index in [-0.39, 0.29) is 43.7 Å². The second kappa shape index (κ2) is 20.4. The van der Waals surface area contributed by atoms with Crippen molar-refractivity contribution in [2.75, 3.05) is 47.5 Å². The molecule has 43 heavy (non-hydrogen) atoms. The number of hydrogen-bond acceptors (Lipinski definition) is 11. The van der Waals surface area contributed by atoms with Crippen molar-refractivity contribution >= 4 is 25.5 Å². The first-order valence-electron chi connectivity index (χ1n) is 15.4. The average Bonchev–Trinajstić information content (AvgIpc) is 3.17. The number of unbranched alkanes of at least 4 members (excludes halogenated alkanes) is 5. The molecule has 0 bridgehead atoms. The summed E-state index contributed by atoms with van der Waals surface area (Å²) in [5.41, 5.74) is 0. The minimum absolute atomic E-state index is 0.0358. The third-order valence-electron chi connectivity index (χ3n) is 7.24. The van der Waals surface area contributed by atoms with Crippen LogP contribution in [-0.4, -0.2) is 98.2 Å². The Kier molecular flexibility index (Phi) is 18.7. The summed E-state index contributed by atoms with van der Waals surface area (Å²) >= 11 is 0. The van der Waals surface area contributed by atoms with Gasteiger partial charge in [-0.1, -0.05) is 57.6 Å². The number of phosphoric acid groups is 1. The number of aliphatic hydroxyl groups is 2. The SMILES string of the molecule is CCCCC[C@H](O)/C=C/[C@H]1[C@H](O)CC(=O)[C@@H]1CCCCCCC(=O)O[C@H](COC(C)=O)COP(=O)([O-])OCC[N+](C)(C)C. The van der Waals surface area contributed by atoms with Crippen LogP contribution in [0.25, 0.3) is 0 Å². The van der Waals surface area contributed by atoms with Crippen LogP contribution >= 0.6 is 7.82 Å². The number of Topliss-reactive ketones (excluding diaryl/α,β-unsaturated/α-hetero) is 1. The van der Waals surface area contributed by atoms with Gasteiger partial charge in [-0.25, -0.2) is 0 Å². The Labute approximate surface area is 256 Å². The largest absolute Gasteiger partial charge is 0.756 e. The standard InChI is InChI=1S/C30H54NO11P/c1-6-7-10-13-24(33)16-17-27-26(28(34)20-29(27)35)14-11-8-9-12-15-30(36)42-25(21-39-23(2)32)22-41-43(37,38)40-19-18-31(3,4)5/h16-17,24-27,29,33,35H,6-15,18-22H2,1-5H3/b17-16+/t24-,25+,26+,27+,29+/m0/s1. The number of ether oxygens (including phenoxy) is 2. The highest BCUT2D eigenvalue weighted by Crippen LogP contribution is 2.38. The van der Waals surface area contributed by atoms with Crippen LogP contribution in [0.1, 0.15) is 84.5 Å². The molecule has 1 rings (SSSR count). The minimum atomic E-state index is -4.64. The molecule has 0 heterocycles. The fourth-order valence-corrected chi connectivity index (χ4v) is 5.47. The van der Waals surface area contributed by atoms with E-state index in [0.717, 1.165) is 32.1 Å². The zero-order valence-corrected chi connectivity index (χ0v) is 27.5. The van der Waals surface area contributed by atoms with Gasteiger partial charge in [0.25, 0.3) is 7.82 Å². The number of aliphatic hydroxyl groups excluding tert-OH is 2. The number of rotatable bonds is 23. The Morgan fingerprint density at radius 3 is 2.44 bits per heavy atom. The lowest BCUT2D eigenvalue weighted by Gasteiger charge is -2.28. The molecule has 0 aliphatic heterocycles. The molecule has 1 unspecified atom stereocenters. The van der Waals surface area contributed by atoms with Crippen molar-refractivity contribution in [2.24, 2.45) is 11.8 Å². The third-order valence-corrected chi connectivity index (χ3v) is 8.20. The zero-order valence-electron chi connectivity index (χ0n) is 26.6. The number of carbonyl (C=O) groups is 3. The Balaban J connectivity index is 2.44. The highest BCUT2D eigenvalue weighted by atomic mass is 31.2. The molecule has 0 spiro atoms. The maximum atomic E-state index is 12.5. The van der Waals surface area contributed by atoms with Crippen LogP contribution in [0.4, 0.5) is 0 Å². The number of esters is 2. The van der Waals surface area contributed by atoms with Crippen molar-refractivity contribution in [3.63, 3.8) is 0 Å². The third kappa shape index (κ3) is 18.7. The number of hydrogen-bond donors (Lipinski definition) is 2. The van der Waals surface area contributed by atoms with Crippen molar-refractivity contribution in [3.05, 3.63) is 12.2 Å². The van der Waals surface area contributed by atoms with Crippen LogP contribution in [0, 0.1) is 11.8 Å². The van der Waals surface area contributed by atoms with E-state index in [2.05, 4.69) is 6.92 Å². The van der Waals surface area contributed by atoms with Gasteiger partial charge in [-0.15, -0.1) is 0 Å². The van der Waals surface area contributed by atoms with Crippen LogP contribution < -0.4 is 4.89 Å². The molecule has 12 nitrogen and oxygen atoms in total.